The number of anilines is 2. The first kappa shape index (κ1) is 21.3. The number of hydrogen-bond donors (Lipinski definition) is 1. The van der Waals surface area contributed by atoms with Crippen molar-refractivity contribution in [3.63, 3.8) is 0 Å². The Morgan fingerprint density at radius 1 is 1.03 bits per heavy atom. The molecule has 0 spiro atoms. The van der Waals surface area contributed by atoms with Gasteiger partial charge in [0.2, 0.25) is 11.8 Å². The predicted octanol–water partition coefficient (Wildman–Crippen LogP) is 2.66. The van der Waals surface area contributed by atoms with E-state index in [1.54, 1.807) is 12.1 Å². The molecule has 1 unspecified atom stereocenters. The molecular weight excluding hydrogens is 427 g/mol. The molecule has 0 radical (unpaired) electrons. The summed E-state index contributed by atoms with van der Waals surface area (Å²) in [6.45, 7) is 2.83. The third-order valence-electron chi connectivity index (χ3n) is 6.21. The van der Waals surface area contributed by atoms with E-state index in [1.165, 1.54) is 18.6 Å². The van der Waals surface area contributed by atoms with Gasteiger partial charge in [-0.1, -0.05) is 0 Å². The van der Waals surface area contributed by atoms with E-state index in [0.717, 1.165) is 19.3 Å². The van der Waals surface area contributed by atoms with E-state index in [4.69, 9.17) is 4.74 Å². The maximum atomic E-state index is 14.5. The minimum Gasteiger partial charge on any atom is -0.491 e. The van der Waals surface area contributed by atoms with Crippen LogP contribution in [0.15, 0.2) is 29.5 Å². The predicted molar refractivity (Wildman–Crippen MR) is 121 cm³/mol. The summed E-state index contributed by atoms with van der Waals surface area (Å²) in [5.41, 5.74) is 1.04. The largest absolute Gasteiger partial charge is 0.491 e. The number of ether oxygens (including phenoxy) is 1. The summed E-state index contributed by atoms with van der Waals surface area (Å²) >= 11 is 0. The van der Waals surface area contributed by atoms with Gasteiger partial charge in [0, 0.05) is 44.9 Å². The number of carbonyl (C=O) groups excluding carboxylic acids is 2. The van der Waals surface area contributed by atoms with Crippen molar-refractivity contribution < 1.29 is 18.7 Å². The minimum absolute atomic E-state index is 0.140. The summed E-state index contributed by atoms with van der Waals surface area (Å²) < 4.78 is 20.0. The Morgan fingerprint density at radius 2 is 1.85 bits per heavy atom. The van der Waals surface area contributed by atoms with Gasteiger partial charge in [0.05, 0.1) is 17.9 Å². The first-order valence-electron chi connectivity index (χ1n) is 11.2. The second-order valence-corrected chi connectivity index (χ2v) is 8.35. The number of hydrogen-bond acceptors (Lipinski definition) is 7. The zero-order valence-electron chi connectivity index (χ0n) is 18.2. The molecular formula is C23H25FN6O3. The maximum absolute atomic E-state index is 14.5. The molecule has 1 saturated heterocycles. The SMILES string of the molecule is O=C1Nc2ncnc3c2C1C=Nc1ccc(c(F)c1)OCCCCCC(=O)N1CCN3CC1. The van der Waals surface area contributed by atoms with Crippen LogP contribution in [-0.4, -0.2) is 65.7 Å². The van der Waals surface area contributed by atoms with Crippen LogP contribution in [0, 0.1) is 5.82 Å². The molecule has 0 aliphatic carbocycles. The van der Waals surface area contributed by atoms with Crippen LogP contribution >= 0.6 is 0 Å². The fraction of sp³-hybridized carbons (Fsp3) is 0.435. The smallest absolute Gasteiger partial charge is 0.238 e. The van der Waals surface area contributed by atoms with Crippen LogP contribution in [0.5, 0.6) is 5.75 Å². The van der Waals surface area contributed by atoms with E-state index in [2.05, 4.69) is 25.2 Å². The van der Waals surface area contributed by atoms with E-state index in [9.17, 15) is 14.0 Å². The van der Waals surface area contributed by atoms with Crippen LogP contribution in [0.4, 0.5) is 21.7 Å². The number of halogens is 1. The molecule has 1 aromatic heterocycles. The third-order valence-corrected chi connectivity index (χ3v) is 6.21. The number of benzene rings is 1. The Bertz CT molecular complexity index is 1100. The molecule has 7 heterocycles. The first-order chi connectivity index (χ1) is 16.1. The summed E-state index contributed by atoms with van der Waals surface area (Å²) in [6.07, 6.45) is 5.77. The van der Waals surface area contributed by atoms with Crippen molar-refractivity contribution in [1.82, 2.24) is 14.9 Å². The molecule has 172 valence electrons. The maximum Gasteiger partial charge on any atom is 0.238 e. The lowest BCUT2D eigenvalue weighted by Gasteiger charge is -2.36. The fourth-order valence-electron chi connectivity index (χ4n) is 4.40. The Kier molecular flexibility index (Phi) is 5.89. The van der Waals surface area contributed by atoms with Gasteiger partial charge in [0.1, 0.15) is 23.9 Å². The highest BCUT2D eigenvalue weighted by molar-refractivity contribution is 6.13. The van der Waals surface area contributed by atoms with Gasteiger partial charge < -0.3 is 19.9 Å². The number of rotatable bonds is 0. The van der Waals surface area contributed by atoms with Crippen molar-refractivity contribution in [2.24, 2.45) is 4.99 Å². The summed E-state index contributed by atoms with van der Waals surface area (Å²) in [4.78, 5) is 42.3. The van der Waals surface area contributed by atoms with Gasteiger partial charge >= 0.3 is 0 Å². The lowest BCUT2D eigenvalue weighted by atomic mass is 10.0. The highest BCUT2D eigenvalue weighted by Crippen LogP contribution is 2.37. The van der Waals surface area contributed by atoms with Crippen LogP contribution in [0.3, 0.4) is 0 Å². The Morgan fingerprint density at radius 3 is 2.67 bits per heavy atom. The minimum atomic E-state index is -0.694. The molecule has 6 aliphatic heterocycles. The molecule has 1 aromatic carbocycles. The van der Waals surface area contributed by atoms with Gasteiger partial charge in [-0.05, 0) is 31.4 Å². The number of carbonyl (C=O) groups is 2. The fourth-order valence-corrected chi connectivity index (χ4v) is 4.40. The monoisotopic (exact) mass is 452 g/mol. The van der Waals surface area contributed by atoms with Crippen molar-refractivity contribution in [1.29, 1.82) is 0 Å². The van der Waals surface area contributed by atoms with Crippen molar-refractivity contribution in [3.05, 3.63) is 35.9 Å². The van der Waals surface area contributed by atoms with Gasteiger partial charge in [-0.15, -0.1) is 0 Å². The first-order valence-corrected chi connectivity index (χ1v) is 11.2. The van der Waals surface area contributed by atoms with Gasteiger partial charge in [-0.3, -0.25) is 14.6 Å². The quantitative estimate of drug-likeness (QED) is 0.660. The standard InChI is InChI=1S/C23H25FN6O3/c24-17-12-15-5-6-18(17)33-11-3-1-2-4-19(31)29-7-9-30(10-8-29)22-20-16(13-25-15)23(32)28-21(20)26-14-27-22/h5-6,12-14,16H,1-4,7-11H2,(H,26,27,28,32). The number of piperazine rings is 1. The number of aromatic nitrogens is 2. The van der Waals surface area contributed by atoms with E-state index in [0.29, 0.717) is 62.1 Å². The molecule has 6 aliphatic rings. The average molecular weight is 452 g/mol. The number of aliphatic imine (C=N–C) groups is 1. The Hall–Kier alpha value is -3.56. The number of amides is 2. The van der Waals surface area contributed by atoms with Crippen LogP contribution in [-0.2, 0) is 9.59 Å². The molecule has 33 heavy (non-hydrogen) atoms. The normalized spacial score (nSPS) is 21.1. The summed E-state index contributed by atoms with van der Waals surface area (Å²) in [5.74, 6) is -0.0435. The average Bonchev–Trinajstić information content (AvgIpc) is 3.15. The van der Waals surface area contributed by atoms with Crippen molar-refractivity contribution in [2.75, 3.05) is 43.0 Å². The molecule has 1 atom stereocenters. The highest BCUT2D eigenvalue weighted by Gasteiger charge is 2.36. The summed E-state index contributed by atoms with van der Waals surface area (Å²) in [6, 6.07) is 4.48. The molecule has 8 rings (SSSR count). The number of nitrogens with one attached hydrogen (secondary N) is 1. The van der Waals surface area contributed by atoms with Crippen molar-refractivity contribution in [3.8, 4) is 5.75 Å². The molecule has 0 saturated carbocycles. The zero-order valence-corrected chi connectivity index (χ0v) is 18.2. The van der Waals surface area contributed by atoms with E-state index in [-0.39, 0.29) is 17.6 Å². The third kappa shape index (κ3) is 4.37. The lowest BCUT2D eigenvalue weighted by molar-refractivity contribution is -0.131. The summed E-state index contributed by atoms with van der Waals surface area (Å²) in [5, 5.41) is 2.78. The van der Waals surface area contributed by atoms with Crippen LogP contribution in [0.2, 0.25) is 0 Å². The van der Waals surface area contributed by atoms with Gasteiger partial charge in [-0.2, -0.15) is 0 Å². The van der Waals surface area contributed by atoms with E-state index < -0.39 is 11.7 Å². The Balaban J connectivity index is 1.48. The van der Waals surface area contributed by atoms with Crippen LogP contribution < -0.4 is 15.0 Å². The van der Waals surface area contributed by atoms with Crippen molar-refractivity contribution in [2.45, 2.75) is 31.6 Å². The topological polar surface area (TPSA) is 100 Å². The summed E-state index contributed by atoms with van der Waals surface area (Å²) in [7, 11) is 0. The van der Waals surface area contributed by atoms with E-state index >= 15 is 0 Å². The van der Waals surface area contributed by atoms with Crippen LogP contribution in [0.25, 0.3) is 0 Å². The molecule has 2 amide bonds. The molecule has 9 nitrogen and oxygen atoms in total. The van der Waals surface area contributed by atoms with Crippen LogP contribution in [0.1, 0.15) is 37.2 Å². The highest BCUT2D eigenvalue weighted by atomic mass is 19.1. The van der Waals surface area contributed by atoms with Gasteiger partial charge in [0.25, 0.3) is 0 Å². The Labute approximate surface area is 190 Å². The molecule has 4 bridgehead atoms. The lowest BCUT2D eigenvalue weighted by Crippen LogP contribution is -2.49. The number of nitrogens with zero attached hydrogens (tertiary/aromatic N) is 5. The van der Waals surface area contributed by atoms with Gasteiger partial charge in [-0.25, -0.2) is 14.4 Å². The molecule has 10 heteroatoms. The van der Waals surface area contributed by atoms with Crippen molar-refractivity contribution >= 4 is 35.4 Å². The van der Waals surface area contributed by atoms with Gasteiger partial charge in [0.15, 0.2) is 11.6 Å². The molecule has 2 aromatic rings. The van der Waals surface area contributed by atoms with E-state index in [1.807, 2.05) is 4.90 Å². The molecule has 1 N–H and O–H groups in total. The second-order valence-electron chi connectivity index (χ2n) is 8.35. The second kappa shape index (κ2) is 9.13. The molecule has 1 fully saturated rings. The zero-order chi connectivity index (χ0) is 22.8.